The molecule has 1 saturated carbocycles. The first kappa shape index (κ1) is 24.1. The van der Waals surface area contributed by atoms with Gasteiger partial charge in [0.2, 0.25) is 5.82 Å². The molecule has 7 heteroatoms. The number of likely N-dealkylation sites (tertiary alicyclic amines) is 1. The molecule has 192 valence electrons. The second-order valence-electron chi connectivity index (χ2n) is 11.3. The average molecular weight is 499 g/mol. The van der Waals surface area contributed by atoms with Gasteiger partial charge in [0.15, 0.2) is 0 Å². The van der Waals surface area contributed by atoms with E-state index in [1.165, 1.54) is 24.0 Å². The van der Waals surface area contributed by atoms with Crippen LogP contribution in [0.4, 0.5) is 0 Å². The third kappa shape index (κ3) is 4.03. The van der Waals surface area contributed by atoms with Crippen molar-refractivity contribution >= 4 is 0 Å². The number of aliphatic hydroxyl groups is 1. The maximum atomic E-state index is 10.3. The Morgan fingerprint density at radius 2 is 2.00 bits per heavy atom. The summed E-state index contributed by atoms with van der Waals surface area (Å²) in [7, 11) is 0. The van der Waals surface area contributed by atoms with Crippen LogP contribution in [-0.2, 0) is 11.8 Å². The van der Waals surface area contributed by atoms with Gasteiger partial charge in [-0.05, 0) is 81.8 Å². The minimum Gasteiger partial charge on any atom is -0.490 e. The average Bonchev–Trinajstić information content (AvgIpc) is 3.71. The molecule has 37 heavy (non-hydrogen) atoms. The number of hydrogen-bond acceptors (Lipinski definition) is 7. The standard InChI is InChI=1S/C30H34N4O3/c1-20(2)36-26-9-8-21(16-22(26)17-31)28-32-27(33-37-28)24-6-5-7-25-23(24)10-13-29(25)14-15-34(18-29)30(19-35)11-3-4-12-30/h5-9,16,20,35H,3-4,10-15,18-19H2,1-2H3. The number of rotatable bonds is 6. The minimum atomic E-state index is -0.0233. The van der Waals surface area contributed by atoms with Crippen LogP contribution in [0.15, 0.2) is 40.9 Å². The molecule has 2 heterocycles. The Hall–Kier alpha value is -3.21. The van der Waals surface area contributed by atoms with E-state index < -0.39 is 0 Å². The number of aliphatic hydroxyl groups excluding tert-OH is 1. The summed E-state index contributed by atoms with van der Waals surface area (Å²) >= 11 is 0. The van der Waals surface area contributed by atoms with Gasteiger partial charge in [-0.15, -0.1) is 0 Å². The number of benzene rings is 2. The van der Waals surface area contributed by atoms with E-state index in [4.69, 9.17) is 14.2 Å². The molecule has 1 atom stereocenters. The smallest absolute Gasteiger partial charge is 0.258 e. The zero-order chi connectivity index (χ0) is 25.6. The summed E-state index contributed by atoms with van der Waals surface area (Å²) < 4.78 is 11.4. The maximum Gasteiger partial charge on any atom is 0.258 e. The monoisotopic (exact) mass is 498 g/mol. The van der Waals surface area contributed by atoms with Crippen molar-refractivity contribution in [2.24, 2.45) is 0 Å². The molecule has 1 aliphatic heterocycles. The van der Waals surface area contributed by atoms with E-state index in [2.05, 4.69) is 34.3 Å². The Labute approximate surface area is 218 Å². The Balaban J connectivity index is 1.29. The van der Waals surface area contributed by atoms with Crippen molar-refractivity contribution in [3.05, 3.63) is 53.1 Å². The van der Waals surface area contributed by atoms with Crippen molar-refractivity contribution in [3.63, 3.8) is 0 Å². The summed E-state index contributed by atoms with van der Waals surface area (Å²) in [6.45, 7) is 6.20. The fourth-order valence-corrected chi connectivity index (χ4v) is 6.93. The van der Waals surface area contributed by atoms with Crippen LogP contribution in [0.1, 0.15) is 69.1 Å². The summed E-state index contributed by atoms with van der Waals surface area (Å²) in [5, 5.41) is 24.2. The zero-order valence-corrected chi connectivity index (χ0v) is 21.7. The molecular formula is C30H34N4O3. The van der Waals surface area contributed by atoms with Gasteiger partial charge in [0, 0.05) is 28.6 Å². The summed E-state index contributed by atoms with van der Waals surface area (Å²) in [5.41, 5.74) is 5.02. The van der Waals surface area contributed by atoms with Gasteiger partial charge in [-0.25, -0.2) is 0 Å². The molecule has 0 amide bonds. The van der Waals surface area contributed by atoms with E-state index in [-0.39, 0.29) is 23.7 Å². The van der Waals surface area contributed by atoms with E-state index >= 15 is 0 Å². The molecular weight excluding hydrogens is 464 g/mol. The molecule has 3 aromatic rings. The molecule has 6 rings (SSSR count). The Kier molecular flexibility index (Phi) is 6.05. The third-order valence-electron chi connectivity index (χ3n) is 8.83. The van der Waals surface area contributed by atoms with Gasteiger partial charge in [0.25, 0.3) is 5.89 Å². The van der Waals surface area contributed by atoms with Gasteiger partial charge >= 0.3 is 0 Å². The first-order chi connectivity index (χ1) is 18.0. The Bertz CT molecular complexity index is 1350. The highest BCUT2D eigenvalue weighted by atomic mass is 16.5. The highest BCUT2D eigenvalue weighted by molar-refractivity contribution is 5.68. The first-order valence-electron chi connectivity index (χ1n) is 13.5. The van der Waals surface area contributed by atoms with E-state index in [0.717, 1.165) is 50.8 Å². The van der Waals surface area contributed by atoms with Crippen molar-refractivity contribution in [2.45, 2.75) is 75.9 Å². The Morgan fingerprint density at radius 3 is 2.76 bits per heavy atom. The lowest BCUT2D eigenvalue weighted by Gasteiger charge is -2.38. The van der Waals surface area contributed by atoms with Crippen LogP contribution in [0.3, 0.4) is 0 Å². The summed E-state index contributed by atoms with van der Waals surface area (Å²) in [6, 6.07) is 14.1. The largest absolute Gasteiger partial charge is 0.490 e. The summed E-state index contributed by atoms with van der Waals surface area (Å²) in [4.78, 5) is 7.33. The molecule has 1 aromatic heterocycles. The molecule has 2 fully saturated rings. The second kappa shape index (κ2) is 9.27. The quantitative estimate of drug-likeness (QED) is 0.495. The van der Waals surface area contributed by atoms with Gasteiger partial charge < -0.3 is 14.4 Å². The first-order valence-corrected chi connectivity index (χ1v) is 13.5. The van der Waals surface area contributed by atoms with E-state index in [1.54, 1.807) is 12.1 Å². The SMILES string of the molecule is CC(C)Oc1ccc(-c2nc(-c3cccc4c3CCC43CCN(C4(CO)CCCC4)C3)no2)cc1C#N. The molecule has 1 spiro atoms. The minimum absolute atomic E-state index is 0.0179. The molecule has 1 saturated heterocycles. The summed E-state index contributed by atoms with van der Waals surface area (Å²) in [5.74, 6) is 1.53. The highest BCUT2D eigenvalue weighted by Gasteiger charge is 2.50. The lowest BCUT2D eigenvalue weighted by Crippen LogP contribution is -2.49. The fourth-order valence-electron chi connectivity index (χ4n) is 6.93. The van der Waals surface area contributed by atoms with E-state index in [1.807, 2.05) is 19.9 Å². The van der Waals surface area contributed by atoms with Crippen molar-refractivity contribution in [3.8, 4) is 34.7 Å². The van der Waals surface area contributed by atoms with Gasteiger partial charge in [0.05, 0.1) is 18.3 Å². The number of ether oxygens (including phenoxy) is 1. The number of nitrogens with zero attached hydrogens (tertiary/aromatic N) is 4. The predicted molar refractivity (Wildman–Crippen MR) is 140 cm³/mol. The normalized spacial score (nSPS) is 22.6. The van der Waals surface area contributed by atoms with Crippen LogP contribution in [0.25, 0.3) is 22.8 Å². The summed E-state index contributed by atoms with van der Waals surface area (Å²) in [6.07, 6.45) is 7.87. The molecule has 2 aromatic carbocycles. The third-order valence-corrected chi connectivity index (χ3v) is 8.83. The van der Waals surface area contributed by atoms with Crippen molar-refractivity contribution in [2.75, 3.05) is 19.7 Å². The predicted octanol–water partition coefficient (Wildman–Crippen LogP) is 5.26. The molecule has 0 bridgehead atoms. The second-order valence-corrected chi connectivity index (χ2v) is 11.3. The molecule has 2 aliphatic carbocycles. The van der Waals surface area contributed by atoms with Crippen LogP contribution in [0, 0.1) is 11.3 Å². The number of aromatic nitrogens is 2. The van der Waals surface area contributed by atoms with Gasteiger partial charge in [-0.3, -0.25) is 4.90 Å². The number of hydrogen-bond donors (Lipinski definition) is 1. The zero-order valence-electron chi connectivity index (χ0n) is 21.7. The van der Waals surface area contributed by atoms with Crippen molar-refractivity contribution < 1.29 is 14.4 Å². The Morgan fingerprint density at radius 1 is 1.16 bits per heavy atom. The van der Waals surface area contributed by atoms with Crippen molar-refractivity contribution in [1.29, 1.82) is 5.26 Å². The van der Waals surface area contributed by atoms with E-state index in [9.17, 15) is 10.4 Å². The lowest BCUT2D eigenvalue weighted by molar-refractivity contribution is 0.0477. The molecule has 3 aliphatic rings. The van der Waals surface area contributed by atoms with Gasteiger partial charge in [-0.1, -0.05) is 36.2 Å². The van der Waals surface area contributed by atoms with Crippen LogP contribution in [0.2, 0.25) is 0 Å². The molecule has 1 N–H and O–H groups in total. The van der Waals surface area contributed by atoms with E-state index in [0.29, 0.717) is 28.6 Å². The number of fused-ring (bicyclic) bond motifs is 2. The van der Waals surface area contributed by atoms with Gasteiger partial charge in [-0.2, -0.15) is 10.2 Å². The lowest BCUT2D eigenvalue weighted by atomic mass is 9.80. The molecule has 1 unspecified atom stereocenters. The number of nitriles is 1. The van der Waals surface area contributed by atoms with Gasteiger partial charge in [0.1, 0.15) is 11.8 Å². The molecule has 0 radical (unpaired) electrons. The highest BCUT2D eigenvalue weighted by Crippen LogP contribution is 2.50. The van der Waals surface area contributed by atoms with Crippen molar-refractivity contribution in [1.82, 2.24) is 15.0 Å². The maximum absolute atomic E-state index is 10.3. The fraction of sp³-hybridized carbons (Fsp3) is 0.500. The molecule has 7 nitrogen and oxygen atoms in total. The topological polar surface area (TPSA) is 95.4 Å². The van der Waals surface area contributed by atoms with Crippen LogP contribution >= 0.6 is 0 Å². The van der Waals surface area contributed by atoms with Crippen LogP contribution in [-0.4, -0.2) is 51.5 Å². The van der Waals surface area contributed by atoms with Crippen LogP contribution < -0.4 is 4.74 Å². The van der Waals surface area contributed by atoms with Crippen LogP contribution in [0.5, 0.6) is 5.75 Å².